The maximum atomic E-state index is 13.2. The first-order valence-corrected chi connectivity index (χ1v) is 7.09. The molecule has 1 saturated heterocycles. The second-order valence-corrected chi connectivity index (χ2v) is 5.58. The highest BCUT2D eigenvalue weighted by Crippen LogP contribution is 2.25. The van der Waals surface area contributed by atoms with Gasteiger partial charge in [-0.15, -0.1) is 0 Å². The number of hydrogen-bond acceptors (Lipinski definition) is 3. The fraction of sp³-hybridized carbons (Fsp3) is 0.312. The van der Waals surface area contributed by atoms with E-state index >= 15 is 0 Å². The minimum absolute atomic E-state index is 0.124. The van der Waals surface area contributed by atoms with Crippen LogP contribution in [-0.4, -0.2) is 26.5 Å². The molecule has 0 bridgehead atoms. The third-order valence-corrected chi connectivity index (χ3v) is 3.81. The van der Waals surface area contributed by atoms with Gasteiger partial charge in [0.05, 0.1) is 18.7 Å². The van der Waals surface area contributed by atoms with Gasteiger partial charge in [0.25, 0.3) is 0 Å². The van der Waals surface area contributed by atoms with Crippen LogP contribution in [-0.2, 0) is 29.6 Å². The average Bonchev–Trinajstić information content (AvgIpc) is 2.98. The molecule has 6 heteroatoms. The number of aryl methyl sites for hydroxylation is 1. The number of carbonyl (C=O) groups is 2. The van der Waals surface area contributed by atoms with Gasteiger partial charge in [-0.2, -0.15) is 5.10 Å². The predicted octanol–water partition coefficient (Wildman–Crippen LogP) is 1.68. The lowest BCUT2D eigenvalue weighted by atomic mass is 10.0. The SMILES string of the molecule is Cn1cc(CC2CC(=O)N(Cc3cccc(F)c3)C2=O)cn1. The summed E-state index contributed by atoms with van der Waals surface area (Å²) in [5, 5.41) is 4.06. The van der Waals surface area contributed by atoms with Gasteiger partial charge >= 0.3 is 0 Å². The van der Waals surface area contributed by atoms with Crippen LogP contribution in [0.15, 0.2) is 36.7 Å². The summed E-state index contributed by atoms with van der Waals surface area (Å²) in [5.41, 5.74) is 1.55. The van der Waals surface area contributed by atoms with E-state index < -0.39 is 0 Å². The lowest BCUT2D eigenvalue weighted by molar-refractivity contribution is -0.140. The highest BCUT2D eigenvalue weighted by molar-refractivity contribution is 6.03. The third-order valence-electron chi connectivity index (χ3n) is 3.81. The molecule has 0 saturated carbocycles. The van der Waals surface area contributed by atoms with Crippen LogP contribution in [0.5, 0.6) is 0 Å². The van der Waals surface area contributed by atoms with Crippen molar-refractivity contribution >= 4 is 11.8 Å². The first-order valence-electron chi connectivity index (χ1n) is 7.09. The Morgan fingerprint density at radius 1 is 1.32 bits per heavy atom. The van der Waals surface area contributed by atoms with Crippen molar-refractivity contribution in [3.05, 3.63) is 53.6 Å². The number of rotatable bonds is 4. The van der Waals surface area contributed by atoms with Gasteiger partial charge in [-0.05, 0) is 29.7 Å². The van der Waals surface area contributed by atoms with Crippen LogP contribution in [0.3, 0.4) is 0 Å². The Kier molecular flexibility index (Phi) is 3.75. The molecule has 1 aromatic heterocycles. The monoisotopic (exact) mass is 301 g/mol. The second-order valence-electron chi connectivity index (χ2n) is 5.58. The Hall–Kier alpha value is -2.50. The van der Waals surface area contributed by atoms with E-state index in [-0.39, 0.29) is 36.5 Å². The van der Waals surface area contributed by atoms with E-state index in [0.717, 1.165) is 5.56 Å². The van der Waals surface area contributed by atoms with Crippen LogP contribution < -0.4 is 0 Å². The van der Waals surface area contributed by atoms with Crippen molar-refractivity contribution in [3.63, 3.8) is 0 Å². The minimum atomic E-state index is -0.372. The number of likely N-dealkylation sites (tertiary alicyclic amines) is 1. The number of hydrogen-bond donors (Lipinski definition) is 0. The maximum Gasteiger partial charge on any atom is 0.233 e. The first-order chi connectivity index (χ1) is 10.5. The Morgan fingerprint density at radius 3 is 2.82 bits per heavy atom. The van der Waals surface area contributed by atoms with Gasteiger partial charge in [0.1, 0.15) is 5.82 Å². The summed E-state index contributed by atoms with van der Waals surface area (Å²) in [5.74, 6) is -1.13. The number of carbonyl (C=O) groups excluding carboxylic acids is 2. The summed E-state index contributed by atoms with van der Waals surface area (Å²) in [6.07, 6.45) is 4.24. The highest BCUT2D eigenvalue weighted by atomic mass is 19.1. The molecule has 22 heavy (non-hydrogen) atoms. The maximum absolute atomic E-state index is 13.2. The third kappa shape index (κ3) is 2.90. The van der Waals surface area contributed by atoms with E-state index in [1.54, 1.807) is 30.1 Å². The van der Waals surface area contributed by atoms with Crippen LogP contribution in [0.1, 0.15) is 17.5 Å². The molecule has 114 valence electrons. The summed E-state index contributed by atoms with van der Waals surface area (Å²) < 4.78 is 14.9. The molecule has 0 N–H and O–H groups in total. The zero-order chi connectivity index (χ0) is 15.7. The molecule has 0 aliphatic carbocycles. The van der Waals surface area contributed by atoms with Gasteiger partial charge in [-0.25, -0.2) is 4.39 Å². The molecule has 2 aromatic rings. The molecule has 3 rings (SSSR count). The molecule has 1 fully saturated rings. The van der Waals surface area contributed by atoms with Crippen molar-refractivity contribution in [1.29, 1.82) is 0 Å². The molecule has 1 unspecified atom stereocenters. The van der Waals surface area contributed by atoms with Crippen molar-refractivity contribution in [1.82, 2.24) is 14.7 Å². The van der Waals surface area contributed by atoms with Gasteiger partial charge in [0.15, 0.2) is 0 Å². The Morgan fingerprint density at radius 2 is 2.14 bits per heavy atom. The molecule has 2 heterocycles. The molecule has 0 spiro atoms. The fourth-order valence-corrected chi connectivity index (χ4v) is 2.76. The number of nitrogens with zero attached hydrogens (tertiary/aromatic N) is 3. The summed E-state index contributed by atoms with van der Waals surface area (Å²) in [4.78, 5) is 25.7. The minimum Gasteiger partial charge on any atom is -0.278 e. The van der Waals surface area contributed by atoms with E-state index in [1.807, 2.05) is 6.20 Å². The smallest absolute Gasteiger partial charge is 0.233 e. The van der Waals surface area contributed by atoms with Crippen molar-refractivity contribution in [2.75, 3.05) is 0 Å². The summed E-state index contributed by atoms with van der Waals surface area (Å²) in [6.45, 7) is 0.124. The number of halogens is 1. The van der Waals surface area contributed by atoms with Crippen LogP contribution in [0.25, 0.3) is 0 Å². The van der Waals surface area contributed by atoms with Crippen molar-refractivity contribution in [2.45, 2.75) is 19.4 Å². The van der Waals surface area contributed by atoms with Crippen LogP contribution in [0.2, 0.25) is 0 Å². The molecule has 1 aliphatic rings. The molecule has 1 aromatic carbocycles. The average molecular weight is 301 g/mol. The number of aromatic nitrogens is 2. The molecular weight excluding hydrogens is 285 g/mol. The van der Waals surface area contributed by atoms with E-state index in [9.17, 15) is 14.0 Å². The zero-order valence-corrected chi connectivity index (χ0v) is 12.2. The van der Waals surface area contributed by atoms with Gasteiger partial charge in [0.2, 0.25) is 11.8 Å². The number of imide groups is 1. The van der Waals surface area contributed by atoms with Gasteiger partial charge in [-0.1, -0.05) is 12.1 Å². The second kappa shape index (κ2) is 5.71. The predicted molar refractivity (Wildman–Crippen MR) is 77.0 cm³/mol. The summed E-state index contributed by atoms with van der Waals surface area (Å²) in [7, 11) is 1.81. The molecular formula is C16H16FN3O2. The quantitative estimate of drug-likeness (QED) is 0.807. The topological polar surface area (TPSA) is 55.2 Å². The van der Waals surface area contributed by atoms with Crippen LogP contribution >= 0.6 is 0 Å². The van der Waals surface area contributed by atoms with E-state index in [4.69, 9.17) is 0 Å². The Bertz CT molecular complexity index is 726. The Balaban J connectivity index is 1.71. The summed E-state index contributed by atoms with van der Waals surface area (Å²) in [6, 6.07) is 5.96. The van der Waals surface area contributed by atoms with Gasteiger partial charge in [0, 0.05) is 19.7 Å². The molecule has 1 atom stereocenters. The van der Waals surface area contributed by atoms with E-state index in [2.05, 4.69) is 5.10 Å². The first kappa shape index (κ1) is 14.4. The zero-order valence-electron chi connectivity index (χ0n) is 12.2. The lowest BCUT2D eigenvalue weighted by Gasteiger charge is -2.15. The fourth-order valence-electron chi connectivity index (χ4n) is 2.76. The number of benzene rings is 1. The largest absolute Gasteiger partial charge is 0.278 e. The molecule has 1 aliphatic heterocycles. The van der Waals surface area contributed by atoms with Crippen molar-refractivity contribution in [2.24, 2.45) is 13.0 Å². The lowest BCUT2D eigenvalue weighted by Crippen LogP contribution is -2.30. The number of amides is 2. The van der Waals surface area contributed by atoms with Crippen LogP contribution in [0.4, 0.5) is 4.39 Å². The molecule has 2 amide bonds. The normalized spacial score (nSPS) is 18.3. The molecule has 0 radical (unpaired) electrons. The Labute approximate surface area is 127 Å². The van der Waals surface area contributed by atoms with Gasteiger partial charge in [-0.3, -0.25) is 19.2 Å². The standard InChI is InChI=1S/C16H16FN3O2/c1-19-9-12(8-18-19)5-13-7-15(21)20(16(13)22)10-11-3-2-4-14(17)6-11/h2-4,6,8-9,13H,5,7,10H2,1H3. The molecule has 5 nitrogen and oxygen atoms in total. The van der Waals surface area contributed by atoms with Crippen molar-refractivity contribution in [3.8, 4) is 0 Å². The van der Waals surface area contributed by atoms with E-state index in [1.165, 1.54) is 17.0 Å². The summed E-state index contributed by atoms with van der Waals surface area (Å²) >= 11 is 0. The highest BCUT2D eigenvalue weighted by Gasteiger charge is 2.38. The van der Waals surface area contributed by atoms with Crippen molar-refractivity contribution < 1.29 is 14.0 Å². The van der Waals surface area contributed by atoms with Gasteiger partial charge < -0.3 is 0 Å². The van der Waals surface area contributed by atoms with E-state index in [0.29, 0.717) is 12.0 Å². The van der Waals surface area contributed by atoms with Crippen LogP contribution in [0, 0.1) is 11.7 Å².